The molecule has 110 valence electrons. The highest BCUT2D eigenvalue weighted by atomic mass is 32.2. The minimum atomic E-state index is -1.30. The summed E-state index contributed by atoms with van der Waals surface area (Å²) in [4.78, 5) is 11.5. The molecule has 0 saturated carbocycles. The van der Waals surface area contributed by atoms with E-state index in [4.69, 9.17) is 5.11 Å². The van der Waals surface area contributed by atoms with Gasteiger partial charge in [0.25, 0.3) is 0 Å². The van der Waals surface area contributed by atoms with Crippen LogP contribution < -0.4 is 0 Å². The van der Waals surface area contributed by atoms with Crippen LogP contribution in [0.5, 0.6) is 0 Å². The second-order valence-corrected chi connectivity index (χ2v) is 5.92. The Morgan fingerprint density at radius 3 is 2.52 bits per heavy atom. The molecule has 3 nitrogen and oxygen atoms in total. The van der Waals surface area contributed by atoms with Gasteiger partial charge in [-0.2, -0.15) is 0 Å². The molecular weight excluding hydrogens is 291 g/mol. The van der Waals surface area contributed by atoms with Crippen molar-refractivity contribution in [1.29, 1.82) is 0 Å². The van der Waals surface area contributed by atoms with Gasteiger partial charge in [-0.1, -0.05) is 30.3 Å². The molecule has 0 aliphatic carbocycles. The lowest BCUT2D eigenvalue weighted by atomic mass is 9.99. The molecule has 1 unspecified atom stereocenters. The van der Waals surface area contributed by atoms with Gasteiger partial charge in [-0.3, -0.25) is 0 Å². The Balaban J connectivity index is 2.13. The standard InChI is InChI=1S/C16H15FO3S/c1-16(20,11-5-3-2-4-6-11)10-21-12-7-8-14(17)13(9-12)15(18)19/h2-9,20H,10H2,1H3,(H,18,19). The summed E-state index contributed by atoms with van der Waals surface area (Å²) in [6.45, 7) is 1.69. The molecule has 21 heavy (non-hydrogen) atoms. The van der Waals surface area contributed by atoms with Gasteiger partial charge < -0.3 is 10.2 Å². The van der Waals surface area contributed by atoms with Crippen molar-refractivity contribution in [2.75, 3.05) is 5.75 Å². The average molecular weight is 306 g/mol. The van der Waals surface area contributed by atoms with Crippen LogP contribution in [0.1, 0.15) is 22.8 Å². The van der Waals surface area contributed by atoms with Gasteiger partial charge in [-0.25, -0.2) is 9.18 Å². The van der Waals surface area contributed by atoms with E-state index in [1.165, 1.54) is 23.9 Å². The first-order chi connectivity index (χ1) is 9.90. The lowest BCUT2D eigenvalue weighted by Gasteiger charge is -2.23. The first kappa shape index (κ1) is 15.5. The van der Waals surface area contributed by atoms with E-state index >= 15 is 0 Å². The van der Waals surface area contributed by atoms with Crippen LogP contribution >= 0.6 is 11.8 Å². The Hall–Kier alpha value is -1.85. The van der Waals surface area contributed by atoms with Crippen molar-refractivity contribution in [3.05, 3.63) is 65.5 Å². The molecule has 0 aromatic heterocycles. The molecule has 0 amide bonds. The Morgan fingerprint density at radius 1 is 1.24 bits per heavy atom. The lowest BCUT2D eigenvalue weighted by molar-refractivity contribution is 0.0691. The van der Waals surface area contributed by atoms with Gasteiger partial charge >= 0.3 is 5.97 Å². The highest BCUT2D eigenvalue weighted by molar-refractivity contribution is 7.99. The maximum atomic E-state index is 13.3. The fraction of sp³-hybridized carbons (Fsp3) is 0.188. The molecule has 2 aromatic carbocycles. The number of hydrogen-bond acceptors (Lipinski definition) is 3. The highest BCUT2D eigenvalue weighted by Gasteiger charge is 2.23. The Kier molecular flexibility index (Phi) is 4.65. The largest absolute Gasteiger partial charge is 0.478 e. The molecule has 2 N–H and O–H groups in total. The SMILES string of the molecule is CC(O)(CSc1ccc(F)c(C(=O)O)c1)c1ccccc1. The zero-order valence-corrected chi connectivity index (χ0v) is 12.2. The molecule has 0 bridgehead atoms. The molecule has 5 heteroatoms. The number of rotatable bonds is 5. The third-order valence-electron chi connectivity index (χ3n) is 3.08. The van der Waals surface area contributed by atoms with Crippen LogP contribution in [0.15, 0.2) is 53.4 Å². The van der Waals surface area contributed by atoms with Crippen molar-refractivity contribution in [3.63, 3.8) is 0 Å². The van der Waals surface area contributed by atoms with Crippen LogP contribution in [0.25, 0.3) is 0 Å². The van der Waals surface area contributed by atoms with E-state index in [1.807, 2.05) is 30.3 Å². The zero-order valence-electron chi connectivity index (χ0n) is 11.4. The second kappa shape index (κ2) is 6.28. The Bertz CT molecular complexity index is 641. The number of hydrogen-bond donors (Lipinski definition) is 2. The van der Waals surface area contributed by atoms with Gasteiger partial charge in [-0.15, -0.1) is 11.8 Å². The number of thioether (sulfide) groups is 1. The molecule has 1 atom stereocenters. The van der Waals surface area contributed by atoms with E-state index in [1.54, 1.807) is 6.92 Å². The molecular formula is C16H15FO3S. The number of carboxylic acids is 1. The zero-order chi connectivity index (χ0) is 15.5. The topological polar surface area (TPSA) is 57.5 Å². The number of aliphatic hydroxyl groups is 1. The predicted molar refractivity (Wildman–Crippen MR) is 80.1 cm³/mol. The average Bonchev–Trinajstić information content (AvgIpc) is 2.47. The third-order valence-corrected chi connectivity index (χ3v) is 4.38. The van der Waals surface area contributed by atoms with E-state index in [0.29, 0.717) is 10.6 Å². The number of carbonyl (C=O) groups is 1. The summed E-state index contributed by atoms with van der Waals surface area (Å²) in [6.07, 6.45) is 0. The first-order valence-corrected chi connectivity index (χ1v) is 7.32. The van der Waals surface area contributed by atoms with Gasteiger partial charge in [-0.05, 0) is 30.7 Å². The van der Waals surface area contributed by atoms with Crippen LogP contribution in [0, 0.1) is 5.82 Å². The fourth-order valence-electron chi connectivity index (χ4n) is 1.86. The monoisotopic (exact) mass is 306 g/mol. The summed E-state index contributed by atoms with van der Waals surface area (Å²) in [7, 11) is 0. The quantitative estimate of drug-likeness (QED) is 0.830. The number of aromatic carboxylic acids is 1. The van der Waals surface area contributed by atoms with E-state index < -0.39 is 17.4 Å². The lowest BCUT2D eigenvalue weighted by Crippen LogP contribution is -2.24. The van der Waals surface area contributed by atoms with Crippen molar-refractivity contribution in [2.45, 2.75) is 17.4 Å². The van der Waals surface area contributed by atoms with Gasteiger partial charge in [0.05, 0.1) is 11.2 Å². The first-order valence-electron chi connectivity index (χ1n) is 6.34. The van der Waals surface area contributed by atoms with E-state index in [2.05, 4.69) is 0 Å². The number of benzene rings is 2. The van der Waals surface area contributed by atoms with Crippen LogP contribution in [-0.2, 0) is 5.60 Å². The Labute approximate surface area is 126 Å². The Morgan fingerprint density at radius 2 is 1.90 bits per heavy atom. The molecule has 0 fully saturated rings. The summed E-state index contributed by atoms with van der Waals surface area (Å²) in [5, 5.41) is 19.4. The molecule has 0 radical (unpaired) electrons. The summed E-state index contributed by atoms with van der Waals surface area (Å²) in [5.41, 5.74) is -0.638. The third kappa shape index (κ3) is 3.83. The minimum absolute atomic E-state index is 0.335. The molecule has 0 spiro atoms. The van der Waals surface area contributed by atoms with Crippen molar-refractivity contribution in [1.82, 2.24) is 0 Å². The van der Waals surface area contributed by atoms with E-state index in [-0.39, 0.29) is 5.56 Å². The van der Waals surface area contributed by atoms with Crippen molar-refractivity contribution in [3.8, 4) is 0 Å². The minimum Gasteiger partial charge on any atom is -0.478 e. The maximum Gasteiger partial charge on any atom is 0.338 e. The molecule has 0 aliphatic heterocycles. The number of halogens is 1. The van der Waals surface area contributed by atoms with Crippen molar-refractivity contribution in [2.24, 2.45) is 0 Å². The maximum absolute atomic E-state index is 13.3. The normalized spacial score (nSPS) is 13.7. The van der Waals surface area contributed by atoms with Gasteiger partial charge in [0.2, 0.25) is 0 Å². The number of carboxylic acid groups (broad SMARTS) is 1. The van der Waals surface area contributed by atoms with Crippen LogP contribution in [0.3, 0.4) is 0 Å². The summed E-state index contributed by atoms with van der Waals surface area (Å²) in [6, 6.07) is 13.1. The van der Waals surface area contributed by atoms with Crippen LogP contribution in [-0.4, -0.2) is 21.9 Å². The van der Waals surface area contributed by atoms with Gasteiger partial charge in [0, 0.05) is 10.6 Å². The molecule has 2 aromatic rings. The van der Waals surface area contributed by atoms with Crippen molar-refractivity contribution < 1.29 is 19.4 Å². The van der Waals surface area contributed by atoms with Gasteiger partial charge in [0.1, 0.15) is 5.82 Å². The van der Waals surface area contributed by atoms with Gasteiger partial charge in [0.15, 0.2) is 0 Å². The van der Waals surface area contributed by atoms with Crippen LogP contribution in [0.4, 0.5) is 4.39 Å². The van der Waals surface area contributed by atoms with E-state index in [9.17, 15) is 14.3 Å². The smallest absolute Gasteiger partial charge is 0.338 e. The summed E-state index contributed by atoms with van der Waals surface area (Å²) >= 11 is 1.28. The van der Waals surface area contributed by atoms with Crippen molar-refractivity contribution >= 4 is 17.7 Å². The van der Waals surface area contributed by atoms with Crippen LogP contribution in [0.2, 0.25) is 0 Å². The second-order valence-electron chi connectivity index (χ2n) is 4.88. The molecule has 0 heterocycles. The summed E-state index contributed by atoms with van der Waals surface area (Å²) < 4.78 is 13.3. The summed E-state index contributed by atoms with van der Waals surface area (Å²) in [5.74, 6) is -1.73. The molecule has 0 aliphatic rings. The molecule has 2 rings (SSSR count). The predicted octanol–water partition coefficient (Wildman–Crippen LogP) is 3.52. The molecule has 0 saturated heterocycles. The van der Waals surface area contributed by atoms with E-state index in [0.717, 1.165) is 11.6 Å². The fourth-order valence-corrected chi connectivity index (χ4v) is 2.84. The highest BCUT2D eigenvalue weighted by Crippen LogP contribution is 2.30.